The maximum absolute atomic E-state index is 5.97. The molecule has 1 fully saturated rings. The third-order valence-electron chi connectivity index (χ3n) is 3.82. The lowest BCUT2D eigenvalue weighted by Gasteiger charge is -2.45. The molecule has 0 saturated carbocycles. The zero-order valence-electron chi connectivity index (χ0n) is 11.3. The van der Waals surface area contributed by atoms with Crippen LogP contribution in [-0.4, -0.2) is 47.3 Å². The maximum Gasteiger partial charge on any atom is 0.224 e. The molecule has 2 aromatic heterocycles. The van der Waals surface area contributed by atoms with Gasteiger partial charge in [0.05, 0.1) is 43.9 Å². The predicted molar refractivity (Wildman–Crippen MR) is 76.5 cm³/mol. The Morgan fingerprint density at radius 3 is 3.19 bits per heavy atom. The van der Waals surface area contributed by atoms with Gasteiger partial charge in [-0.05, 0) is 11.6 Å². The van der Waals surface area contributed by atoms with Crippen LogP contribution < -0.4 is 9.80 Å². The topological polar surface area (TPSA) is 67.5 Å². The molecule has 2 aromatic rings. The van der Waals surface area contributed by atoms with Crippen LogP contribution in [0.25, 0.3) is 0 Å². The number of nitrogens with zero attached hydrogens (tertiary/aromatic N) is 5. The highest BCUT2D eigenvalue weighted by atomic mass is 35.5. The van der Waals surface area contributed by atoms with Gasteiger partial charge in [-0.15, -0.1) is 0 Å². The number of oxazole rings is 1. The maximum atomic E-state index is 5.97. The molecule has 0 aliphatic carbocycles. The largest absolute Gasteiger partial charge is 0.447 e. The minimum absolute atomic E-state index is 0.264. The van der Waals surface area contributed by atoms with Gasteiger partial charge in [0.2, 0.25) is 5.28 Å². The molecule has 1 saturated heterocycles. The summed E-state index contributed by atoms with van der Waals surface area (Å²) in [7, 11) is 0. The third-order valence-corrected chi connectivity index (χ3v) is 4.00. The van der Waals surface area contributed by atoms with Crippen molar-refractivity contribution < 1.29 is 9.15 Å². The summed E-state index contributed by atoms with van der Waals surface area (Å²) < 4.78 is 10.9. The van der Waals surface area contributed by atoms with Gasteiger partial charge >= 0.3 is 0 Å². The molecule has 21 heavy (non-hydrogen) atoms. The van der Waals surface area contributed by atoms with Gasteiger partial charge < -0.3 is 19.0 Å². The molecule has 0 amide bonds. The van der Waals surface area contributed by atoms with Crippen LogP contribution in [0, 0.1) is 0 Å². The first-order chi connectivity index (χ1) is 10.3. The van der Waals surface area contributed by atoms with Crippen molar-refractivity contribution in [1.29, 1.82) is 0 Å². The molecule has 7 nitrogen and oxygen atoms in total. The lowest BCUT2D eigenvalue weighted by atomic mass is 10.1. The minimum atomic E-state index is 0.264. The number of hydrogen-bond donors (Lipinski definition) is 0. The van der Waals surface area contributed by atoms with Gasteiger partial charge in [-0.2, -0.15) is 4.98 Å². The number of halogens is 1. The molecular weight excluding hydrogens is 294 g/mol. The number of morpholine rings is 1. The van der Waals surface area contributed by atoms with Crippen molar-refractivity contribution in [2.45, 2.75) is 12.6 Å². The molecule has 110 valence electrons. The van der Waals surface area contributed by atoms with Crippen molar-refractivity contribution in [1.82, 2.24) is 15.0 Å². The van der Waals surface area contributed by atoms with Gasteiger partial charge in [-0.25, -0.2) is 9.97 Å². The van der Waals surface area contributed by atoms with E-state index in [1.165, 1.54) is 6.39 Å². The van der Waals surface area contributed by atoms with E-state index in [1.807, 2.05) is 0 Å². The second kappa shape index (κ2) is 5.16. The molecule has 4 heterocycles. The smallest absolute Gasteiger partial charge is 0.224 e. The molecule has 4 rings (SSSR count). The Balaban J connectivity index is 1.71. The van der Waals surface area contributed by atoms with Crippen LogP contribution in [0.1, 0.15) is 5.76 Å². The van der Waals surface area contributed by atoms with Gasteiger partial charge in [0.1, 0.15) is 5.76 Å². The summed E-state index contributed by atoms with van der Waals surface area (Å²) in [6.45, 7) is 3.68. The Morgan fingerprint density at radius 1 is 1.38 bits per heavy atom. The fourth-order valence-corrected chi connectivity index (χ4v) is 3.00. The monoisotopic (exact) mass is 307 g/mol. The van der Waals surface area contributed by atoms with Crippen LogP contribution >= 0.6 is 11.6 Å². The molecule has 0 bridgehead atoms. The van der Waals surface area contributed by atoms with Gasteiger partial charge in [-0.1, -0.05) is 0 Å². The fourth-order valence-electron chi connectivity index (χ4n) is 2.88. The molecule has 0 spiro atoms. The molecule has 0 unspecified atom stereocenters. The number of rotatable bonds is 2. The summed E-state index contributed by atoms with van der Waals surface area (Å²) in [5, 5.41) is 0.264. The lowest BCUT2D eigenvalue weighted by molar-refractivity contribution is 0.0934. The molecule has 0 N–H and O–H groups in total. The van der Waals surface area contributed by atoms with Crippen LogP contribution in [0.5, 0.6) is 0 Å². The third kappa shape index (κ3) is 2.32. The van der Waals surface area contributed by atoms with Crippen LogP contribution in [0.4, 0.5) is 11.5 Å². The minimum Gasteiger partial charge on any atom is -0.447 e. The predicted octanol–water partition coefficient (Wildman–Crippen LogP) is 1.34. The van der Waals surface area contributed by atoms with Gasteiger partial charge in [0.15, 0.2) is 12.2 Å². The first-order valence-corrected chi connectivity index (χ1v) is 7.18. The molecule has 8 heteroatoms. The first-order valence-electron chi connectivity index (χ1n) is 6.80. The Kier molecular flexibility index (Phi) is 3.16. The van der Waals surface area contributed by atoms with Gasteiger partial charge in [0.25, 0.3) is 0 Å². The van der Waals surface area contributed by atoms with E-state index in [9.17, 15) is 0 Å². The number of aromatic nitrogens is 3. The SMILES string of the molecule is Clc1ncc2c(n1)N1CCOC[C@H]1CN2Cc1cnco1. The summed E-state index contributed by atoms with van der Waals surface area (Å²) in [5.41, 5.74) is 0.967. The second-order valence-electron chi connectivity index (χ2n) is 5.12. The van der Waals surface area contributed by atoms with Crippen molar-refractivity contribution in [2.75, 3.05) is 36.1 Å². The van der Waals surface area contributed by atoms with Gasteiger partial charge in [0, 0.05) is 13.1 Å². The second-order valence-corrected chi connectivity index (χ2v) is 5.46. The molecule has 2 aliphatic heterocycles. The standard InChI is InChI=1S/C13H14ClN5O2/c14-13-16-4-11-12(17-13)19-1-2-20-7-9(19)5-18(11)6-10-3-15-8-21-10/h3-4,8-9H,1-2,5-7H2/t9-/m1/s1. The van der Waals surface area contributed by atoms with E-state index in [0.29, 0.717) is 19.8 Å². The Bertz CT molecular complexity index is 635. The Labute approximate surface area is 126 Å². The number of anilines is 2. The summed E-state index contributed by atoms with van der Waals surface area (Å²) >= 11 is 5.97. The average Bonchev–Trinajstić information content (AvgIpc) is 3.00. The molecule has 1 atom stereocenters. The van der Waals surface area contributed by atoms with E-state index >= 15 is 0 Å². The highest BCUT2D eigenvalue weighted by molar-refractivity contribution is 6.28. The normalized spacial score (nSPS) is 21.1. The van der Waals surface area contributed by atoms with Crippen LogP contribution in [0.2, 0.25) is 5.28 Å². The van der Waals surface area contributed by atoms with E-state index in [0.717, 1.165) is 30.4 Å². The molecular formula is C13H14ClN5O2. The number of hydrogen-bond acceptors (Lipinski definition) is 7. The fraction of sp³-hybridized carbons (Fsp3) is 0.462. The summed E-state index contributed by atoms with van der Waals surface area (Å²) in [5.74, 6) is 1.68. The van der Waals surface area contributed by atoms with E-state index < -0.39 is 0 Å². The highest BCUT2D eigenvalue weighted by Gasteiger charge is 2.34. The van der Waals surface area contributed by atoms with Gasteiger partial charge in [-0.3, -0.25) is 0 Å². The van der Waals surface area contributed by atoms with Crippen molar-refractivity contribution in [3.8, 4) is 0 Å². The van der Waals surface area contributed by atoms with E-state index in [1.54, 1.807) is 12.4 Å². The van der Waals surface area contributed by atoms with Crippen molar-refractivity contribution in [3.63, 3.8) is 0 Å². The summed E-state index contributed by atoms with van der Waals surface area (Å²) in [6, 6.07) is 0.264. The van der Waals surface area contributed by atoms with Crippen molar-refractivity contribution in [3.05, 3.63) is 29.8 Å². The Hall–Kier alpha value is -1.86. The number of ether oxygens (including phenoxy) is 1. The van der Waals surface area contributed by atoms with Crippen molar-refractivity contribution >= 4 is 23.1 Å². The molecule has 0 radical (unpaired) electrons. The summed E-state index contributed by atoms with van der Waals surface area (Å²) in [4.78, 5) is 16.9. The molecule has 2 aliphatic rings. The summed E-state index contributed by atoms with van der Waals surface area (Å²) in [6.07, 6.45) is 4.93. The van der Waals surface area contributed by atoms with E-state index in [-0.39, 0.29) is 11.3 Å². The number of fused-ring (bicyclic) bond motifs is 3. The quantitative estimate of drug-likeness (QED) is 0.776. The average molecular weight is 308 g/mol. The van der Waals surface area contributed by atoms with E-state index in [2.05, 4.69) is 24.8 Å². The van der Waals surface area contributed by atoms with Crippen LogP contribution in [0.15, 0.2) is 23.2 Å². The zero-order valence-corrected chi connectivity index (χ0v) is 12.0. The Morgan fingerprint density at radius 2 is 2.33 bits per heavy atom. The first kappa shape index (κ1) is 12.8. The van der Waals surface area contributed by atoms with Crippen LogP contribution in [0.3, 0.4) is 0 Å². The lowest BCUT2D eigenvalue weighted by Crippen LogP contribution is -2.55. The highest BCUT2D eigenvalue weighted by Crippen LogP contribution is 2.35. The van der Waals surface area contributed by atoms with Crippen LogP contribution in [-0.2, 0) is 11.3 Å². The molecule has 0 aromatic carbocycles. The van der Waals surface area contributed by atoms with Crippen molar-refractivity contribution in [2.24, 2.45) is 0 Å². The zero-order chi connectivity index (χ0) is 14.2. The van der Waals surface area contributed by atoms with E-state index in [4.69, 9.17) is 20.8 Å².